The summed E-state index contributed by atoms with van der Waals surface area (Å²) >= 11 is 0. The number of methoxy groups -OCH3 is 2. The molecule has 0 aliphatic rings. The molecule has 0 aliphatic heterocycles. The zero-order valence-electron chi connectivity index (χ0n) is 16.0. The van der Waals surface area contributed by atoms with Crippen molar-refractivity contribution in [2.45, 2.75) is 19.8 Å². The monoisotopic (exact) mass is 363 g/mol. The van der Waals surface area contributed by atoms with E-state index >= 15 is 0 Å². The van der Waals surface area contributed by atoms with Crippen LogP contribution in [0.25, 0.3) is 11.3 Å². The number of hydrogen-bond donors (Lipinski definition) is 1. The number of nitrogens with zero attached hydrogens (tertiary/aromatic N) is 2. The first-order valence-electron chi connectivity index (χ1n) is 9.11. The fraction of sp³-hybridized carbons (Fsp3) is 0.273. The highest BCUT2D eigenvalue weighted by Crippen LogP contribution is 2.24. The minimum Gasteiger partial charge on any atom is -0.497 e. The number of anilines is 1. The molecule has 2 aromatic carbocycles. The first kappa shape index (κ1) is 18.7. The maximum Gasteiger partial charge on any atom is 0.131 e. The van der Waals surface area contributed by atoms with E-state index in [9.17, 15) is 0 Å². The van der Waals surface area contributed by atoms with Crippen molar-refractivity contribution in [3.8, 4) is 22.8 Å². The van der Waals surface area contributed by atoms with Gasteiger partial charge in [-0.05, 0) is 36.2 Å². The Hall–Kier alpha value is -3.08. The second kappa shape index (κ2) is 9.03. The molecule has 3 rings (SSSR count). The summed E-state index contributed by atoms with van der Waals surface area (Å²) in [6.07, 6.45) is 1.69. The van der Waals surface area contributed by atoms with Crippen molar-refractivity contribution in [1.29, 1.82) is 0 Å². The largest absolute Gasteiger partial charge is 0.497 e. The highest BCUT2D eigenvalue weighted by molar-refractivity contribution is 5.64. The molecule has 1 heterocycles. The number of aryl methyl sites for hydroxylation is 1. The summed E-state index contributed by atoms with van der Waals surface area (Å²) in [7, 11) is 3.35. The van der Waals surface area contributed by atoms with Crippen LogP contribution in [0.1, 0.15) is 18.3 Å². The molecule has 0 amide bonds. The molecule has 1 N–H and O–H groups in total. The van der Waals surface area contributed by atoms with Crippen molar-refractivity contribution in [1.82, 2.24) is 9.97 Å². The van der Waals surface area contributed by atoms with E-state index in [2.05, 4.69) is 34.3 Å². The minimum absolute atomic E-state index is 0.783. The zero-order valence-corrected chi connectivity index (χ0v) is 16.0. The highest BCUT2D eigenvalue weighted by Gasteiger charge is 2.07. The Morgan fingerprint density at radius 1 is 0.889 bits per heavy atom. The normalized spacial score (nSPS) is 10.5. The van der Waals surface area contributed by atoms with E-state index in [1.165, 1.54) is 5.56 Å². The summed E-state index contributed by atoms with van der Waals surface area (Å²) in [4.78, 5) is 9.27. The Bertz CT molecular complexity index is 879. The molecule has 0 fully saturated rings. The lowest BCUT2D eigenvalue weighted by atomic mass is 10.1. The highest BCUT2D eigenvalue weighted by atomic mass is 16.5. The quantitative estimate of drug-likeness (QED) is 0.644. The second-order valence-electron chi connectivity index (χ2n) is 6.17. The molecule has 0 atom stereocenters. The molecular weight excluding hydrogens is 338 g/mol. The van der Waals surface area contributed by atoms with Crippen LogP contribution < -0.4 is 14.8 Å². The van der Waals surface area contributed by atoms with Crippen LogP contribution in [0.5, 0.6) is 11.5 Å². The van der Waals surface area contributed by atoms with Gasteiger partial charge in [-0.1, -0.05) is 31.2 Å². The predicted octanol–water partition coefficient (Wildman–Crippen LogP) is 4.38. The third-order valence-electron chi connectivity index (χ3n) is 4.33. The molecule has 140 valence electrons. The standard InChI is InChI=1S/C22H25N3O2/c1-4-21-24-20(17-6-5-7-19(14-17)27-3)15-22(25-21)23-13-12-16-8-10-18(26-2)11-9-16/h5-11,14-15H,4,12-13H2,1-3H3,(H,23,24,25). The van der Waals surface area contributed by atoms with E-state index in [-0.39, 0.29) is 0 Å². The van der Waals surface area contributed by atoms with Gasteiger partial charge < -0.3 is 14.8 Å². The van der Waals surface area contributed by atoms with Crippen LogP contribution in [-0.4, -0.2) is 30.7 Å². The molecule has 0 bridgehead atoms. The second-order valence-corrected chi connectivity index (χ2v) is 6.17. The van der Waals surface area contributed by atoms with Gasteiger partial charge in [0, 0.05) is 24.6 Å². The van der Waals surface area contributed by atoms with Gasteiger partial charge in [-0.25, -0.2) is 9.97 Å². The number of rotatable bonds is 8. The van der Waals surface area contributed by atoms with Crippen LogP contribution in [0.15, 0.2) is 54.6 Å². The molecule has 1 aromatic heterocycles. The van der Waals surface area contributed by atoms with Crippen molar-refractivity contribution in [2.75, 3.05) is 26.1 Å². The number of aromatic nitrogens is 2. The van der Waals surface area contributed by atoms with Gasteiger partial charge in [0.25, 0.3) is 0 Å². The lowest BCUT2D eigenvalue weighted by molar-refractivity contribution is 0.414. The van der Waals surface area contributed by atoms with Gasteiger partial charge >= 0.3 is 0 Å². The minimum atomic E-state index is 0.783. The Labute approximate surface area is 160 Å². The summed E-state index contributed by atoms with van der Waals surface area (Å²) in [6.45, 7) is 2.86. The summed E-state index contributed by atoms with van der Waals surface area (Å²) in [5.74, 6) is 3.35. The summed E-state index contributed by atoms with van der Waals surface area (Å²) in [5, 5.41) is 3.42. The van der Waals surface area contributed by atoms with Crippen molar-refractivity contribution in [3.63, 3.8) is 0 Å². The fourth-order valence-electron chi connectivity index (χ4n) is 2.80. The van der Waals surface area contributed by atoms with Crippen LogP contribution in [0.3, 0.4) is 0 Å². The lowest BCUT2D eigenvalue weighted by Gasteiger charge is -2.11. The molecule has 0 unspecified atom stereocenters. The molecule has 5 nitrogen and oxygen atoms in total. The molecule has 0 saturated heterocycles. The van der Waals surface area contributed by atoms with Crippen molar-refractivity contribution in [3.05, 3.63) is 66.0 Å². The van der Waals surface area contributed by atoms with E-state index in [1.807, 2.05) is 42.5 Å². The molecule has 27 heavy (non-hydrogen) atoms. The summed E-state index contributed by atoms with van der Waals surface area (Å²) in [6, 6.07) is 18.0. The van der Waals surface area contributed by atoms with Gasteiger partial charge in [-0.2, -0.15) is 0 Å². The molecule has 0 spiro atoms. The molecule has 3 aromatic rings. The number of nitrogens with one attached hydrogen (secondary N) is 1. The van der Waals surface area contributed by atoms with E-state index in [1.54, 1.807) is 14.2 Å². The Kier molecular flexibility index (Phi) is 6.26. The average Bonchev–Trinajstić information content (AvgIpc) is 2.74. The van der Waals surface area contributed by atoms with Gasteiger partial charge in [0.05, 0.1) is 19.9 Å². The van der Waals surface area contributed by atoms with Crippen molar-refractivity contribution in [2.24, 2.45) is 0 Å². The predicted molar refractivity (Wildman–Crippen MR) is 109 cm³/mol. The van der Waals surface area contributed by atoms with E-state index < -0.39 is 0 Å². The zero-order chi connectivity index (χ0) is 19.1. The van der Waals surface area contributed by atoms with Gasteiger partial charge in [0.1, 0.15) is 23.1 Å². The third kappa shape index (κ3) is 4.97. The van der Waals surface area contributed by atoms with E-state index in [4.69, 9.17) is 9.47 Å². The van der Waals surface area contributed by atoms with Crippen LogP contribution in [0, 0.1) is 0 Å². The van der Waals surface area contributed by atoms with E-state index in [0.717, 1.165) is 53.8 Å². The summed E-state index contributed by atoms with van der Waals surface area (Å²) < 4.78 is 10.5. The molecule has 0 aliphatic carbocycles. The van der Waals surface area contributed by atoms with Gasteiger partial charge in [0.2, 0.25) is 0 Å². The Balaban J connectivity index is 1.72. The maximum atomic E-state index is 5.33. The first-order valence-corrected chi connectivity index (χ1v) is 9.11. The number of benzene rings is 2. The fourth-order valence-corrected chi connectivity index (χ4v) is 2.80. The number of hydrogen-bond acceptors (Lipinski definition) is 5. The van der Waals surface area contributed by atoms with E-state index in [0.29, 0.717) is 0 Å². The third-order valence-corrected chi connectivity index (χ3v) is 4.33. The van der Waals surface area contributed by atoms with Gasteiger partial charge in [-0.15, -0.1) is 0 Å². The van der Waals surface area contributed by atoms with Crippen LogP contribution in [0.2, 0.25) is 0 Å². The molecule has 0 radical (unpaired) electrons. The van der Waals surface area contributed by atoms with Gasteiger partial charge in [0.15, 0.2) is 0 Å². The van der Waals surface area contributed by atoms with Crippen LogP contribution >= 0.6 is 0 Å². The number of ether oxygens (including phenoxy) is 2. The smallest absolute Gasteiger partial charge is 0.131 e. The van der Waals surface area contributed by atoms with Crippen molar-refractivity contribution < 1.29 is 9.47 Å². The average molecular weight is 363 g/mol. The maximum absolute atomic E-state index is 5.33. The molecule has 5 heteroatoms. The van der Waals surface area contributed by atoms with Crippen LogP contribution in [-0.2, 0) is 12.8 Å². The Morgan fingerprint density at radius 2 is 1.67 bits per heavy atom. The van der Waals surface area contributed by atoms with Crippen molar-refractivity contribution >= 4 is 5.82 Å². The lowest BCUT2D eigenvalue weighted by Crippen LogP contribution is -2.08. The first-order chi connectivity index (χ1) is 13.2. The summed E-state index contributed by atoms with van der Waals surface area (Å²) in [5.41, 5.74) is 3.17. The Morgan fingerprint density at radius 3 is 2.37 bits per heavy atom. The molecule has 0 saturated carbocycles. The molecular formula is C22H25N3O2. The topological polar surface area (TPSA) is 56.3 Å². The van der Waals surface area contributed by atoms with Gasteiger partial charge in [-0.3, -0.25) is 0 Å². The van der Waals surface area contributed by atoms with Crippen LogP contribution in [0.4, 0.5) is 5.82 Å². The SMILES string of the molecule is CCc1nc(NCCc2ccc(OC)cc2)cc(-c2cccc(OC)c2)n1.